The van der Waals surface area contributed by atoms with Crippen molar-refractivity contribution in [2.45, 2.75) is 57.3 Å². The van der Waals surface area contributed by atoms with Gasteiger partial charge in [0.2, 0.25) is 5.91 Å². The molecule has 4 nitrogen and oxygen atoms in total. The summed E-state index contributed by atoms with van der Waals surface area (Å²) < 4.78 is 5.38. The Morgan fingerprint density at radius 2 is 2.12 bits per heavy atom. The SMILES string of the molecule is CC1CC(C(=O)N[C@H]2CCCC[C@@H]2O)CO1. The maximum Gasteiger partial charge on any atom is 0.225 e. The van der Waals surface area contributed by atoms with E-state index in [0.717, 1.165) is 32.1 Å². The van der Waals surface area contributed by atoms with Crippen molar-refractivity contribution in [2.24, 2.45) is 5.92 Å². The van der Waals surface area contributed by atoms with E-state index in [0.29, 0.717) is 6.61 Å². The number of nitrogens with one attached hydrogen (secondary N) is 1. The molecule has 1 amide bonds. The normalized spacial score (nSPS) is 39.6. The van der Waals surface area contributed by atoms with Gasteiger partial charge in [-0.1, -0.05) is 12.8 Å². The highest BCUT2D eigenvalue weighted by Crippen LogP contribution is 2.22. The fraction of sp³-hybridized carbons (Fsp3) is 0.917. The standard InChI is InChI=1S/C12H21NO3/c1-8-6-9(7-16-8)12(15)13-10-4-2-3-5-11(10)14/h8-11,14H,2-7H2,1H3,(H,13,15)/t8?,9?,10-,11-/m0/s1. The minimum absolute atomic E-state index is 0.0240. The molecule has 2 fully saturated rings. The first-order valence-corrected chi connectivity index (χ1v) is 6.27. The second kappa shape index (κ2) is 5.15. The number of ether oxygens (including phenoxy) is 1. The molecular weight excluding hydrogens is 206 g/mol. The molecule has 1 saturated heterocycles. The third-order valence-corrected chi connectivity index (χ3v) is 3.63. The van der Waals surface area contributed by atoms with Crippen LogP contribution in [0.2, 0.25) is 0 Å². The molecule has 0 radical (unpaired) electrons. The molecule has 4 atom stereocenters. The van der Waals surface area contributed by atoms with Crippen LogP contribution in [0.25, 0.3) is 0 Å². The lowest BCUT2D eigenvalue weighted by molar-refractivity contribution is -0.126. The highest BCUT2D eigenvalue weighted by atomic mass is 16.5. The summed E-state index contributed by atoms with van der Waals surface area (Å²) in [7, 11) is 0. The molecule has 1 aliphatic heterocycles. The lowest BCUT2D eigenvalue weighted by atomic mass is 9.92. The van der Waals surface area contributed by atoms with Crippen LogP contribution in [0.3, 0.4) is 0 Å². The van der Waals surface area contributed by atoms with Crippen molar-refractivity contribution in [1.29, 1.82) is 0 Å². The highest BCUT2D eigenvalue weighted by Gasteiger charge is 2.31. The predicted octanol–water partition coefficient (Wildman–Crippen LogP) is 0.831. The number of hydrogen-bond donors (Lipinski definition) is 2. The van der Waals surface area contributed by atoms with E-state index in [1.165, 1.54) is 0 Å². The van der Waals surface area contributed by atoms with Gasteiger partial charge in [-0.3, -0.25) is 4.79 Å². The summed E-state index contributed by atoms with van der Waals surface area (Å²) in [6.07, 6.45) is 4.49. The molecule has 92 valence electrons. The van der Waals surface area contributed by atoms with Crippen LogP contribution >= 0.6 is 0 Å². The molecule has 0 bridgehead atoms. The van der Waals surface area contributed by atoms with E-state index in [1.54, 1.807) is 0 Å². The zero-order valence-electron chi connectivity index (χ0n) is 9.82. The number of aliphatic hydroxyl groups is 1. The third-order valence-electron chi connectivity index (χ3n) is 3.63. The Labute approximate surface area is 96.4 Å². The molecule has 0 spiro atoms. The molecule has 0 aromatic carbocycles. The average Bonchev–Trinajstić information content (AvgIpc) is 2.68. The molecule has 1 aliphatic carbocycles. The van der Waals surface area contributed by atoms with Crippen LogP contribution < -0.4 is 5.32 Å². The van der Waals surface area contributed by atoms with Crippen molar-refractivity contribution in [3.05, 3.63) is 0 Å². The largest absolute Gasteiger partial charge is 0.391 e. The first-order valence-electron chi connectivity index (χ1n) is 6.27. The number of aliphatic hydroxyl groups excluding tert-OH is 1. The number of amides is 1. The predicted molar refractivity (Wildman–Crippen MR) is 59.9 cm³/mol. The topological polar surface area (TPSA) is 58.6 Å². The van der Waals surface area contributed by atoms with Crippen molar-refractivity contribution in [3.8, 4) is 0 Å². The zero-order chi connectivity index (χ0) is 11.5. The van der Waals surface area contributed by atoms with Crippen LogP contribution in [0.15, 0.2) is 0 Å². The second-order valence-corrected chi connectivity index (χ2v) is 5.04. The molecule has 1 heterocycles. The summed E-state index contributed by atoms with van der Waals surface area (Å²) >= 11 is 0. The molecule has 0 aromatic heterocycles. The monoisotopic (exact) mass is 227 g/mol. The van der Waals surface area contributed by atoms with Gasteiger partial charge in [-0.2, -0.15) is 0 Å². The summed E-state index contributed by atoms with van der Waals surface area (Å²) in [6.45, 7) is 2.51. The lowest BCUT2D eigenvalue weighted by Crippen LogP contribution is -2.47. The number of hydrogen-bond acceptors (Lipinski definition) is 3. The minimum atomic E-state index is -0.363. The van der Waals surface area contributed by atoms with Gasteiger partial charge >= 0.3 is 0 Å². The van der Waals surface area contributed by atoms with E-state index >= 15 is 0 Å². The Kier molecular flexibility index (Phi) is 3.82. The van der Waals surface area contributed by atoms with Crippen molar-refractivity contribution >= 4 is 5.91 Å². The van der Waals surface area contributed by atoms with Crippen molar-refractivity contribution in [1.82, 2.24) is 5.32 Å². The van der Waals surface area contributed by atoms with Crippen molar-refractivity contribution < 1.29 is 14.6 Å². The van der Waals surface area contributed by atoms with Gasteiger partial charge in [0.15, 0.2) is 0 Å². The van der Waals surface area contributed by atoms with E-state index < -0.39 is 0 Å². The highest BCUT2D eigenvalue weighted by molar-refractivity contribution is 5.79. The Bertz CT molecular complexity index is 257. The minimum Gasteiger partial charge on any atom is -0.391 e. The molecule has 16 heavy (non-hydrogen) atoms. The summed E-state index contributed by atoms with van der Waals surface area (Å²) in [5.41, 5.74) is 0. The molecule has 1 saturated carbocycles. The first-order chi connectivity index (χ1) is 7.66. The Morgan fingerprint density at radius 1 is 1.38 bits per heavy atom. The van der Waals surface area contributed by atoms with E-state index in [-0.39, 0.29) is 30.1 Å². The second-order valence-electron chi connectivity index (χ2n) is 5.04. The maximum absolute atomic E-state index is 11.9. The Balaban J connectivity index is 1.82. The lowest BCUT2D eigenvalue weighted by Gasteiger charge is -2.29. The van der Waals surface area contributed by atoms with Gasteiger partial charge < -0.3 is 15.2 Å². The molecule has 4 heteroatoms. The summed E-state index contributed by atoms with van der Waals surface area (Å²) in [4.78, 5) is 11.9. The van der Waals surface area contributed by atoms with Crippen molar-refractivity contribution in [3.63, 3.8) is 0 Å². The fourth-order valence-electron chi connectivity index (χ4n) is 2.58. The van der Waals surface area contributed by atoms with Crippen LogP contribution in [-0.2, 0) is 9.53 Å². The van der Waals surface area contributed by atoms with Crippen LogP contribution in [0.4, 0.5) is 0 Å². The maximum atomic E-state index is 11.9. The Hall–Kier alpha value is -0.610. The zero-order valence-corrected chi connectivity index (χ0v) is 9.82. The number of rotatable bonds is 2. The van der Waals surface area contributed by atoms with E-state index in [1.807, 2.05) is 6.92 Å². The van der Waals surface area contributed by atoms with Gasteiger partial charge in [-0.05, 0) is 26.2 Å². The third kappa shape index (κ3) is 2.74. The van der Waals surface area contributed by atoms with Crippen molar-refractivity contribution in [2.75, 3.05) is 6.61 Å². The van der Waals surface area contributed by atoms with E-state index in [9.17, 15) is 9.90 Å². The smallest absolute Gasteiger partial charge is 0.225 e. The molecule has 2 aliphatic rings. The molecule has 2 rings (SSSR count). The van der Waals surface area contributed by atoms with E-state index in [2.05, 4.69) is 5.32 Å². The molecule has 2 unspecified atom stereocenters. The average molecular weight is 227 g/mol. The quantitative estimate of drug-likeness (QED) is 0.734. The van der Waals surface area contributed by atoms with Crippen LogP contribution in [0.1, 0.15) is 39.0 Å². The van der Waals surface area contributed by atoms with Gasteiger partial charge in [0.1, 0.15) is 0 Å². The molecule has 2 N–H and O–H groups in total. The van der Waals surface area contributed by atoms with Gasteiger partial charge in [-0.15, -0.1) is 0 Å². The Morgan fingerprint density at radius 3 is 2.75 bits per heavy atom. The fourth-order valence-corrected chi connectivity index (χ4v) is 2.58. The number of carbonyl (C=O) groups excluding carboxylic acids is 1. The number of carbonyl (C=O) groups is 1. The molecular formula is C12H21NO3. The molecule has 0 aromatic rings. The van der Waals surface area contributed by atoms with E-state index in [4.69, 9.17) is 4.74 Å². The summed E-state index contributed by atoms with van der Waals surface area (Å²) in [5.74, 6) is 0.0272. The van der Waals surface area contributed by atoms with Gasteiger partial charge in [-0.25, -0.2) is 0 Å². The van der Waals surface area contributed by atoms with Gasteiger partial charge in [0.05, 0.1) is 30.8 Å². The van der Waals surface area contributed by atoms with Crippen LogP contribution in [0.5, 0.6) is 0 Å². The summed E-state index contributed by atoms with van der Waals surface area (Å²) in [5, 5.41) is 12.7. The first kappa shape index (κ1) is 11.9. The van der Waals surface area contributed by atoms with Gasteiger partial charge in [0, 0.05) is 0 Å². The van der Waals surface area contributed by atoms with Gasteiger partial charge in [0.25, 0.3) is 0 Å². The van der Waals surface area contributed by atoms with Crippen LogP contribution in [-0.4, -0.2) is 35.9 Å². The van der Waals surface area contributed by atoms with Crippen LogP contribution in [0, 0.1) is 5.92 Å². The summed E-state index contributed by atoms with van der Waals surface area (Å²) in [6, 6.07) is -0.0443.